The van der Waals surface area contributed by atoms with E-state index in [9.17, 15) is 14.4 Å². The molecule has 4 N–H and O–H groups in total. The van der Waals surface area contributed by atoms with Crippen molar-refractivity contribution in [3.63, 3.8) is 0 Å². The highest BCUT2D eigenvalue weighted by Crippen LogP contribution is 2.37. The van der Waals surface area contributed by atoms with Crippen LogP contribution in [0.1, 0.15) is 27.2 Å². The molecule has 1 aromatic heterocycles. The molecule has 1 aromatic carbocycles. The molecule has 3 rings (SSSR count). The van der Waals surface area contributed by atoms with Gasteiger partial charge < -0.3 is 15.8 Å². The zero-order chi connectivity index (χ0) is 18.0. The van der Waals surface area contributed by atoms with E-state index >= 15 is 0 Å². The minimum absolute atomic E-state index is 0.124. The molecule has 1 heterocycles. The average Bonchev–Trinajstić information content (AvgIpc) is 2.92. The Morgan fingerprint density at radius 2 is 1.88 bits per heavy atom. The Morgan fingerprint density at radius 3 is 2.52 bits per heavy atom. The number of carbonyl (C=O) groups is 3. The average molecular weight is 359 g/mol. The number of rotatable bonds is 4. The molecular formula is C17H17N3O4S. The zero-order valence-electron chi connectivity index (χ0n) is 13.5. The molecule has 0 spiro atoms. The molecular weight excluding hydrogens is 342 g/mol. The van der Waals surface area contributed by atoms with E-state index in [1.54, 1.807) is 31.4 Å². The predicted octanol–water partition coefficient (Wildman–Crippen LogP) is 2.56. The van der Waals surface area contributed by atoms with Crippen LogP contribution in [0.4, 0.5) is 15.5 Å². The third-order valence-electron chi connectivity index (χ3n) is 3.92. The first-order valence-electron chi connectivity index (χ1n) is 7.66. The number of nitrogens with two attached hydrogens (primary N) is 1. The molecule has 130 valence electrons. The van der Waals surface area contributed by atoms with E-state index in [4.69, 9.17) is 10.5 Å². The summed E-state index contributed by atoms with van der Waals surface area (Å²) in [6.45, 7) is 0. The minimum Gasteiger partial charge on any atom is -0.497 e. The first-order valence-corrected chi connectivity index (χ1v) is 8.47. The Labute approximate surface area is 148 Å². The van der Waals surface area contributed by atoms with Crippen LogP contribution in [0.15, 0.2) is 24.3 Å². The number of thiophene rings is 1. The molecule has 0 radical (unpaired) electrons. The lowest BCUT2D eigenvalue weighted by Crippen LogP contribution is -2.22. The summed E-state index contributed by atoms with van der Waals surface area (Å²) < 4.78 is 5.06. The molecule has 1 aliphatic carbocycles. The highest BCUT2D eigenvalue weighted by molar-refractivity contribution is 7.17. The second-order valence-electron chi connectivity index (χ2n) is 5.60. The van der Waals surface area contributed by atoms with Crippen molar-refractivity contribution >= 4 is 39.7 Å². The van der Waals surface area contributed by atoms with Gasteiger partial charge >= 0.3 is 6.03 Å². The summed E-state index contributed by atoms with van der Waals surface area (Å²) in [5.41, 5.74) is 7.13. The molecule has 0 fully saturated rings. The number of fused-ring (bicyclic) bond motifs is 1. The number of anilines is 2. The molecule has 0 bridgehead atoms. The number of nitrogens with one attached hydrogen (secondary N) is 2. The highest BCUT2D eigenvalue weighted by atomic mass is 32.1. The summed E-state index contributed by atoms with van der Waals surface area (Å²) in [6, 6.07) is 6.36. The number of Topliss-reactive ketones (excluding diaryl/α,β-unsaturated/α-hetero) is 1. The van der Waals surface area contributed by atoms with Gasteiger partial charge in [0.25, 0.3) is 5.91 Å². The Balaban J connectivity index is 1.78. The van der Waals surface area contributed by atoms with Crippen LogP contribution < -0.4 is 21.1 Å². The Kier molecular flexibility index (Phi) is 4.71. The van der Waals surface area contributed by atoms with Gasteiger partial charge in [-0.15, -0.1) is 11.3 Å². The van der Waals surface area contributed by atoms with Gasteiger partial charge in [0.15, 0.2) is 0 Å². The number of ketones is 1. The Hall–Kier alpha value is -2.87. The minimum atomic E-state index is -0.605. The van der Waals surface area contributed by atoms with Gasteiger partial charge in [0.2, 0.25) is 0 Å². The summed E-state index contributed by atoms with van der Waals surface area (Å²) in [4.78, 5) is 36.4. The van der Waals surface area contributed by atoms with Gasteiger partial charge in [-0.2, -0.15) is 0 Å². The number of primary amides is 1. The van der Waals surface area contributed by atoms with E-state index in [2.05, 4.69) is 10.6 Å². The zero-order valence-corrected chi connectivity index (χ0v) is 14.4. The maximum atomic E-state index is 12.2. The number of benzene rings is 1. The van der Waals surface area contributed by atoms with Crippen LogP contribution in [0, 0.1) is 0 Å². The first kappa shape index (κ1) is 17.0. The van der Waals surface area contributed by atoms with Crippen molar-refractivity contribution in [3.8, 4) is 5.75 Å². The van der Waals surface area contributed by atoms with Crippen LogP contribution in [0.3, 0.4) is 0 Å². The van der Waals surface area contributed by atoms with E-state index in [0.717, 1.165) is 10.4 Å². The van der Waals surface area contributed by atoms with Gasteiger partial charge in [-0.3, -0.25) is 14.9 Å². The van der Waals surface area contributed by atoms with Gasteiger partial charge in [0.05, 0.1) is 12.7 Å². The first-order chi connectivity index (χ1) is 12.0. The van der Waals surface area contributed by atoms with Gasteiger partial charge in [0.1, 0.15) is 16.5 Å². The summed E-state index contributed by atoms with van der Waals surface area (Å²) in [5, 5.41) is 5.72. The van der Waals surface area contributed by atoms with E-state index in [1.807, 2.05) is 0 Å². The van der Waals surface area contributed by atoms with Crippen molar-refractivity contribution in [2.75, 3.05) is 17.7 Å². The Bertz CT molecular complexity index is 842. The van der Waals surface area contributed by atoms with Gasteiger partial charge in [0, 0.05) is 23.4 Å². The van der Waals surface area contributed by atoms with Gasteiger partial charge in [-0.25, -0.2) is 4.79 Å². The summed E-state index contributed by atoms with van der Waals surface area (Å²) in [5.74, 6) is 0.197. The predicted molar refractivity (Wildman–Crippen MR) is 95.5 cm³/mol. The quantitative estimate of drug-likeness (QED) is 0.779. The number of hydrogen-bond acceptors (Lipinski definition) is 5. The normalized spacial score (nSPS) is 13.1. The lowest BCUT2D eigenvalue weighted by atomic mass is 9.94. The second-order valence-corrected chi connectivity index (χ2v) is 6.70. The topological polar surface area (TPSA) is 111 Å². The molecule has 1 aliphatic rings. The summed E-state index contributed by atoms with van der Waals surface area (Å²) in [7, 11) is 1.56. The number of amides is 3. The smallest absolute Gasteiger partial charge is 0.324 e. The molecule has 25 heavy (non-hydrogen) atoms. The molecule has 2 aromatic rings. The second kappa shape index (κ2) is 6.94. The van der Waals surface area contributed by atoms with Crippen molar-refractivity contribution in [1.29, 1.82) is 0 Å². The lowest BCUT2D eigenvalue weighted by molar-refractivity contribution is -0.118. The molecule has 8 heteroatoms. The molecule has 0 unspecified atom stereocenters. The van der Waals surface area contributed by atoms with Gasteiger partial charge in [-0.1, -0.05) is 0 Å². The third kappa shape index (κ3) is 3.63. The SMILES string of the molecule is COc1ccc(NC(=O)Nc2sc3c(c2C(N)=O)CCC(=O)C3)cc1. The van der Waals surface area contributed by atoms with Crippen LogP contribution in [-0.2, 0) is 17.6 Å². The number of carbonyl (C=O) groups excluding carboxylic acids is 3. The largest absolute Gasteiger partial charge is 0.497 e. The van der Waals surface area contributed by atoms with Crippen molar-refractivity contribution in [1.82, 2.24) is 0 Å². The standard InChI is InChI=1S/C17H17N3O4S/c1-24-11-5-2-9(3-6-11)19-17(23)20-16-14(15(18)22)12-7-4-10(21)8-13(12)25-16/h2-3,5-6H,4,7-8H2,1H3,(H2,18,22)(H2,19,20,23). The number of urea groups is 1. The van der Waals surface area contributed by atoms with Crippen LogP contribution in [0.25, 0.3) is 0 Å². The fourth-order valence-corrected chi connectivity index (χ4v) is 4.02. The van der Waals surface area contributed by atoms with E-state index in [0.29, 0.717) is 34.8 Å². The number of methoxy groups -OCH3 is 1. The molecule has 7 nitrogen and oxygen atoms in total. The van der Waals surface area contributed by atoms with Crippen LogP contribution >= 0.6 is 11.3 Å². The van der Waals surface area contributed by atoms with E-state index < -0.39 is 11.9 Å². The highest BCUT2D eigenvalue weighted by Gasteiger charge is 2.27. The Morgan fingerprint density at radius 1 is 1.16 bits per heavy atom. The van der Waals surface area contributed by atoms with Crippen LogP contribution in [0.2, 0.25) is 0 Å². The summed E-state index contributed by atoms with van der Waals surface area (Å²) in [6.07, 6.45) is 1.15. The number of ether oxygens (including phenoxy) is 1. The molecule has 0 atom stereocenters. The van der Waals surface area contributed by atoms with E-state index in [1.165, 1.54) is 11.3 Å². The van der Waals surface area contributed by atoms with Crippen molar-refractivity contribution < 1.29 is 19.1 Å². The number of hydrogen-bond donors (Lipinski definition) is 3. The lowest BCUT2D eigenvalue weighted by Gasteiger charge is -2.11. The maximum Gasteiger partial charge on any atom is 0.324 e. The summed E-state index contributed by atoms with van der Waals surface area (Å²) >= 11 is 1.23. The van der Waals surface area contributed by atoms with Crippen LogP contribution in [0.5, 0.6) is 5.75 Å². The molecule has 0 saturated carbocycles. The molecule has 3 amide bonds. The molecule has 0 aliphatic heterocycles. The third-order valence-corrected chi connectivity index (χ3v) is 5.07. The van der Waals surface area contributed by atoms with Crippen molar-refractivity contribution in [2.45, 2.75) is 19.3 Å². The maximum absolute atomic E-state index is 12.2. The fourth-order valence-electron chi connectivity index (χ4n) is 2.74. The van der Waals surface area contributed by atoms with E-state index in [-0.39, 0.29) is 12.2 Å². The van der Waals surface area contributed by atoms with Gasteiger partial charge in [-0.05, 0) is 36.2 Å². The van der Waals surface area contributed by atoms with Crippen LogP contribution in [-0.4, -0.2) is 24.8 Å². The van der Waals surface area contributed by atoms with Crippen molar-refractivity contribution in [2.24, 2.45) is 5.73 Å². The van der Waals surface area contributed by atoms with Crippen molar-refractivity contribution in [3.05, 3.63) is 40.3 Å². The molecule has 0 saturated heterocycles. The monoisotopic (exact) mass is 359 g/mol. The fraction of sp³-hybridized carbons (Fsp3) is 0.235.